The summed E-state index contributed by atoms with van der Waals surface area (Å²) in [5, 5.41) is 4.91. The van der Waals surface area contributed by atoms with Gasteiger partial charge in [-0.05, 0) is 48.7 Å². The Morgan fingerprint density at radius 3 is 2.97 bits per heavy atom. The van der Waals surface area contributed by atoms with Gasteiger partial charge in [-0.2, -0.15) is 0 Å². The van der Waals surface area contributed by atoms with Gasteiger partial charge >= 0.3 is 0 Å². The summed E-state index contributed by atoms with van der Waals surface area (Å²) in [6.07, 6.45) is 6.89. The minimum atomic E-state index is -0.176. The first-order valence-electron chi connectivity index (χ1n) is 10.7. The molecule has 2 aliphatic heterocycles. The van der Waals surface area contributed by atoms with Crippen LogP contribution >= 0.6 is 0 Å². The lowest BCUT2D eigenvalue weighted by Gasteiger charge is -2.22. The maximum Gasteiger partial charge on any atom is 0.259 e. The van der Waals surface area contributed by atoms with Gasteiger partial charge in [-0.1, -0.05) is 6.07 Å². The lowest BCUT2D eigenvalue weighted by molar-refractivity contribution is 0.300. The highest BCUT2D eigenvalue weighted by Gasteiger charge is 2.36. The molecule has 156 valence electrons. The average Bonchev–Trinajstić information content (AvgIpc) is 3.31. The maximum absolute atomic E-state index is 12.8. The van der Waals surface area contributed by atoms with Crippen LogP contribution in [0, 0.1) is 0 Å². The second kappa shape index (κ2) is 7.06. The van der Waals surface area contributed by atoms with Gasteiger partial charge in [-0.15, -0.1) is 0 Å². The van der Waals surface area contributed by atoms with Crippen LogP contribution in [0.25, 0.3) is 16.9 Å². The molecule has 31 heavy (non-hydrogen) atoms. The Morgan fingerprint density at radius 2 is 2.13 bits per heavy atom. The molecule has 0 aromatic carbocycles. The smallest absolute Gasteiger partial charge is 0.259 e. The van der Waals surface area contributed by atoms with Crippen molar-refractivity contribution < 1.29 is 4.74 Å². The molecule has 0 aliphatic carbocycles. The molecule has 2 unspecified atom stereocenters. The second-order valence-electron chi connectivity index (χ2n) is 8.34. The number of nitrogens with zero attached hydrogens (tertiary/aromatic N) is 4. The van der Waals surface area contributed by atoms with Gasteiger partial charge in [0.2, 0.25) is 0 Å². The number of hydrogen-bond donors (Lipinski definition) is 1. The van der Waals surface area contributed by atoms with Crippen molar-refractivity contribution >= 4 is 11.0 Å². The molecular formula is C24H23N5O2. The maximum atomic E-state index is 12.8. The van der Waals surface area contributed by atoms with Gasteiger partial charge in [-0.3, -0.25) is 14.3 Å². The van der Waals surface area contributed by atoms with Crippen LogP contribution < -0.4 is 15.6 Å². The van der Waals surface area contributed by atoms with Crippen molar-refractivity contribution in [1.29, 1.82) is 0 Å². The summed E-state index contributed by atoms with van der Waals surface area (Å²) in [4.78, 5) is 21.9. The number of nitrogens with one attached hydrogen (secondary N) is 1. The summed E-state index contributed by atoms with van der Waals surface area (Å²) in [5.74, 6) is 1.13. The van der Waals surface area contributed by atoms with Gasteiger partial charge < -0.3 is 14.6 Å². The van der Waals surface area contributed by atoms with Crippen molar-refractivity contribution in [3.63, 3.8) is 0 Å². The molecule has 7 nitrogen and oxygen atoms in total. The monoisotopic (exact) mass is 413 g/mol. The highest BCUT2D eigenvalue weighted by atomic mass is 16.5. The van der Waals surface area contributed by atoms with E-state index in [2.05, 4.69) is 28.0 Å². The van der Waals surface area contributed by atoms with Crippen molar-refractivity contribution in [2.75, 3.05) is 0 Å². The Bertz CT molecular complexity index is 1340. The standard InChI is InChI=1S/C24H23N5O2/c1-28-20-12-15-5-7-19(26-15)23(20)18-6-8-21(27-24(18)28)29-11-9-17(13-22(29)30)31-14-16-4-2-3-10-25-16/h2-4,6,8-11,13,15,19,26H,5,7,12,14H2,1H3. The largest absolute Gasteiger partial charge is 0.487 e. The molecule has 1 N–H and O–H groups in total. The van der Waals surface area contributed by atoms with Crippen LogP contribution in [0.15, 0.2) is 59.7 Å². The van der Waals surface area contributed by atoms with E-state index in [-0.39, 0.29) is 5.56 Å². The SMILES string of the molecule is Cn1c2c(c3ccc(-n4ccc(OCc5ccccn5)cc4=O)nc31)C1CCC(C2)N1. The van der Waals surface area contributed by atoms with Gasteiger partial charge in [-0.25, -0.2) is 4.98 Å². The molecule has 0 saturated carbocycles. The van der Waals surface area contributed by atoms with Crippen molar-refractivity contribution in [1.82, 2.24) is 24.4 Å². The third kappa shape index (κ3) is 3.04. The van der Waals surface area contributed by atoms with Crippen molar-refractivity contribution in [3.8, 4) is 11.6 Å². The van der Waals surface area contributed by atoms with Crippen LogP contribution in [0.1, 0.15) is 35.8 Å². The topological polar surface area (TPSA) is 74.0 Å². The first kappa shape index (κ1) is 18.3. The fourth-order valence-corrected chi connectivity index (χ4v) is 4.96. The Hall–Kier alpha value is -3.45. The van der Waals surface area contributed by atoms with Crippen LogP contribution in [0.4, 0.5) is 0 Å². The summed E-state index contributed by atoms with van der Waals surface area (Å²) in [6.45, 7) is 0.319. The van der Waals surface area contributed by atoms with Crippen LogP contribution in [0.2, 0.25) is 0 Å². The van der Waals surface area contributed by atoms with Crippen LogP contribution in [-0.2, 0) is 20.1 Å². The molecule has 0 spiro atoms. The van der Waals surface area contributed by atoms with E-state index in [0.717, 1.165) is 17.8 Å². The molecule has 2 bridgehead atoms. The van der Waals surface area contributed by atoms with E-state index in [4.69, 9.17) is 9.72 Å². The molecule has 0 amide bonds. The van der Waals surface area contributed by atoms with Gasteiger partial charge in [0.05, 0.1) is 5.69 Å². The third-order valence-corrected chi connectivity index (χ3v) is 6.46. The predicted octanol–water partition coefficient (Wildman–Crippen LogP) is 3.05. The predicted molar refractivity (Wildman–Crippen MR) is 117 cm³/mol. The number of rotatable bonds is 4. The summed E-state index contributed by atoms with van der Waals surface area (Å²) in [6, 6.07) is 14.0. The first-order valence-corrected chi connectivity index (χ1v) is 10.7. The highest BCUT2D eigenvalue weighted by Crippen LogP contribution is 2.41. The van der Waals surface area contributed by atoms with Crippen LogP contribution in [0.3, 0.4) is 0 Å². The molecule has 1 saturated heterocycles. The number of ether oxygens (including phenoxy) is 1. The van der Waals surface area contributed by atoms with Gasteiger partial charge in [0, 0.05) is 55.1 Å². The Kier molecular flexibility index (Phi) is 4.17. The summed E-state index contributed by atoms with van der Waals surface area (Å²) in [7, 11) is 2.08. The lowest BCUT2D eigenvalue weighted by Crippen LogP contribution is -2.32. The average molecular weight is 413 g/mol. The van der Waals surface area contributed by atoms with Crippen LogP contribution in [-0.4, -0.2) is 25.1 Å². The number of hydrogen-bond acceptors (Lipinski definition) is 5. The van der Waals surface area contributed by atoms with Crippen molar-refractivity contribution in [2.45, 2.75) is 38.0 Å². The Balaban J connectivity index is 1.32. The molecule has 1 fully saturated rings. The fourth-order valence-electron chi connectivity index (χ4n) is 4.96. The van der Waals surface area contributed by atoms with E-state index >= 15 is 0 Å². The molecule has 4 aromatic heterocycles. The van der Waals surface area contributed by atoms with E-state index in [0.29, 0.717) is 30.3 Å². The minimum absolute atomic E-state index is 0.176. The third-order valence-electron chi connectivity index (χ3n) is 6.46. The minimum Gasteiger partial charge on any atom is -0.487 e. The molecule has 7 heteroatoms. The zero-order chi connectivity index (χ0) is 20.9. The van der Waals surface area contributed by atoms with E-state index in [9.17, 15) is 4.79 Å². The zero-order valence-corrected chi connectivity index (χ0v) is 17.3. The summed E-state index contributed by atoms with van der Waals surface area (Å²) in [5.41, 5.74) is 4.33. The molecule has 6 rings (SSSR count). The molecular weight excluding hydrogens is 390 g/mol. The second-order valence-corrected chi connectivity index (χ2v) is 8.34. The first-order chi connectivity index (χ1) is 15.2. The summed E-state index contributed by atoms with van der Waals surface area (Å²) >= 11 is 0. The molecule has 0 radical (unpaired) electrons. The zero-order valence-electron chi connectivity index (χ0n) is 17.3. The van der Waals surface area contributed by atoms with E-state index < -0.39 is 0 Å². The van der Waals surface area contributed by atoms with Gasteiger partial charge in [0.25, 0.3) is 5.56 Å². The van der Waals surface area contributed by atoms with E-state index in [1.165, 1.54) is 35.6 Å². The molecule has 2 atom stereocenters. The molecule has 4 aromatic rings. The van der Waals surface area contributed by atoms with Gasteiger partial charge in [0.1, 0.15) is 23.8 Å². The quantitative estimate of drug-likeness (QED) is 0.557. The van der Waals surface area contributed by atoms with Crippen molar-refractivity contribution in [2.24, 2.45) is 7.05 Å². The number of aromatic nitrogens is 4. The number of fused-ring (bicyclic) bond motifs is 6. The van der Waals surface area contributed by atoms with E-state index in [1.54, 1.807) is 23.0 Å². The van der Waals surface area contributed by atoms with E-state index in [1.807, 2.05) is 24.3 Å². The van der Waals surface area contributed by atoms with Crippen molar-refractivity contribution in [3.05, 3.63) is 82.2 Å². The summed E-state index contributed by atoms with van der Waals surface area (Å²) < 4.78 is 9.49. The number of aryl methyl sites for hydroxylation is 1. The fraction of sp³-hybridized carbons (Fsp3) is 0.292. The molecule has 2 aliphatic rings. The highest BCUT2D eigenvalue weighted by molar-refractivity contribution is 5.84. The number of pyridine rings is 3. The van der Waals surface area contributed by atoms with Gasteiger partial charge in [0.15, 0.2) is 0 Å². The Labute approximate surface area is 179 Å². The molecule has 6 heterocycles. The van der Waals surface area contributed by atoms with Crippen LogP contribution in [0.5, 0.6) is 5.75 Å². The Morgan fingerprint density at radius 1 is 1.19 bits per heavy atom. The normalized spacial score (nSPS) is 19.5. The lowest BCUT2D eigenvalue weighted by atomic mass is 10.00.